The van der Waals surface area contributed by atoms with Crippen molar-refractivity contribution in [2.45, 2.75) is 31.3 Å². The van der Waals surface area contributed by atoms with E-state index in [0.29, 0.717) is 11.6 Å². The van der Waals surface area contributed by atoms with Gasteiger partial charge in [-0.2, -0.15) is 5.10 Å². The third-order valence-corrected chi connectivity index (χ3v) is 5.56. The van der Waals surface area contributed by atoms with Gasteiger partial charge in [0.15, 0.2) is 5.17 Å². The molecule has 1 saturated heterocycles. The van der Waals surface area contributed by atoms with Crippen LogP contribution in [0.1, 0.15) is 19.3 Å². The largest absolute Gasteiger partial charge is 0.333 e. The predicted molar refractivity (Wildman–Crippen MR) is 93.1 cm³/mol. The minimum absolute atomic E-state index is 0.0579. The van der Waals surface area contributed by atoms with Crippen molar-refractivity contribution in [2.75, 3.05) is 5.75 Å². The Hall–Kier alpha value is -2.09. The number of fused-ring (bicyclic) bond motifs is 1. The van der Waals surface area contributed by atoms with Crippen molar-refractivity contribution in [3.8, 4) is 0 Å². The molecule has 1 saturated carbocycles. The molecule has 1 aromatic rings. The predicted octanol–water partition coefficient (Wildman–Crippen LogP) is 2.36. The lowest BCUT2D eigenvalue weighted by Gasteiger charge is -2.32. The number of hydrogen-bond acceptors (Lipinski definition) is 4. The molecule has 3 atom stereocenters. The smallest absolute Gasteiger partial charge is 0.315 e. The summed E-state index contributed by atoms with van der Waals surface area (Å²) in [4.78, 5) is 15.9. The van der Waals surface area contributed by atoms with Gasteiger partial charge in [-0.1, -0.05) is 11.8 Å². The molecule has 0 aromatic heterocycles. The van der Waals surface area contributed by atoms with Gasteiger partial charge in [0.2, 0.25) is 0 Å². The number of hydrazone groups is 1. The third-order valence-electron chi connectivity index (χ3n) is 4.66. The lowest BCUT2D eigenvalue weighted by molar-refractivity contribution is 0.247. The van der Waals surface area contributed by atoms with Crippen LogP contribution in [0.4, 0.5) is 14.9 Å². The number of benzene rings is 1. The number of nitrogens with zero attached hydrogens (tertiary/aromatic N) is 2. The van der Waals surface area contributed by atoms with Crippen LogP contribution in [0.3, 0.4) is 0 Å². The highest BCUT2D eigenvalue weighted by molar-refractivity contribution is 8.14. The molecular formula is C16H18FN5OS. The lowest BCUT2D eigenvalue weighted by atomic mass is 9.81. The van der Waals surface area contributed by atoms with Crippen LogP contribution in [0.5, 0.6) is 0 Å². The van der Waals surface area contributed by atoms with E-state index in [2.05, 4.69) is 26.2 Å². The molecule has 4 rings (SSSR count). The summed E-state index contributed by atoms with van der Waals surface area (Å²) in [6.45, 7) is 0. The summed E-state index contributed by atoms with van der Waals surface area (Å²) in [7, 11) is 0. The van der Waals surface area contributed by atoms with Crippen LogP contribution in [0.25, 0.3) is 0 Å². The number of amides is 2. The number of amidine groups is 1. The van der Waals surface area contributed by atoms with E-state index in [0.717, 1.165) is 35.9 Å². The number of aliphatic imine (C=N–C) groups is 1. The Labute approximate surface area is 143 Å². The number of carbonyl (C=O) groups excluding carboxylic acids is 1. The van der Waals surface area contributed by atoms with E-state index in [1.807, 2.05) is 0 Å². The quantitative estimate of drug-likeness (QED) is 0.768. The summed E-state index contributed by atoms with van der Waals surface area (Å²) in [6, 6.07) is 6.47. The molecule has 6 nitrogen and oxygen atoms in total. The number of urea groups is 1. The zero-order valence-electron chi connectivity index (χ0n) is 13.0. The van der Waals surface area contributed by atoms with Crippen LogP contribution < -0.4 is 16.1 Å². The molecule has 2 fully saturated rings. The lowest BCUT2D eigenvalue weighted by Crippen LogP contribution is -2.43. The minimum atomic E-state index is -0.271. The number of hydrogen-bond donors (Lipinski definition) is 3. The Kier molecular flexibility index (Phi) is 4.13. The highest BCUT2D eigenvalue weighted by Crippen LogP contribution is 2.30. The van der Waals surface area contributed by atoms with Crippen molar-refractivity contribution in [1.82, 2.24) is 16.1 Å². The molecule has 0 radical (unpaired) electrons. The fourth-order valence-electron chi connectivity index (χ4n) is 3.41. The second-order valence-corrected chi connectivity index (χ2v) is 7.20. The maximum Gasteiger partial charge on any atom is 0.315 e. The molecule has 1 aliphatic carbocycles. The summed E-state index contributed by atoms with van der Waals surface area (Å²) >= 11 is 1.60. The Morgan fingerprint density at radius 1 is 1.17 bits per heavy atom. The fraction of sp³-hybridized carbons (Fsp3) is 0.438. The second kappa shape index (κ2) is 6.43. The summed E-state index contributed by atoms with van der Waals surface area (Å²) in [5.41, 5.74) is 4.82. The molecule has 8 heteroatoms. The topological polar surface area (TPSA) is 77.9 Å². The first-order valence-corrected chi connectivity index (χ1v) is 9.02. The van der Waals surface area contributed by atoms with E-state index in [4.69, 9.17) is 0 Å². The van der Waals surface area contributed by atoms with Crippen molar-refractivity contribution >= 4 is 34.4 Å². The van der Waals surface area contributed by atoms with Crippen LogP contribution in [0.2, 0.25) is 0 Å². The molecule has 126 valence electrons. The summed E-state index contributed by atoms with van der Waals surface area (Å²) in [6.07, 6.45) is 2.94. The van der Waals surface area contributed by atoms with Gasteiger partial charge < -0.3 is 10.6 Å². The first kappa shape index (κ1) is 15.4. The first-order chi connectivity index (χ1) is 11.7. The van der Waals surface area contributed by atoms with E-state index in [1.165, 1.54) is 12.1 Å². The number of nitrogens with one attached hydrogen (secondary N) is 3. The van der Waals surface area contributed by atoms with Gasteiger partial charge in [0, 0.05) is 11.7 Å². The number of halogens is 1. The Balaban J connectivity index is 1.39. The van der Waals surface area contributed by atoms with Crippen molar-refractivity contribution in [3.05, 3.63) is 30.1 Å². The molecule has 0 spiro atoms. The molecule has 2 amide bonds. The molecule has 0 bridgehead atoms. The zero-order valence-corrected chi connectivity index (χ0v) is 13.8. The average molecular weight is 347 g/mol. The summed E-state index contributed by atoms with van der Waals surface area (Å²) < 4.78 is 12.9. The molecule has 2 aliphatic heterocycles. The van der Waals surface area contributed by atoms with Crippen LogP contribution >= 0.6 is 11.8 Å². The SMILES string of the molecule is O=C1NC2CCC(C3=NNC(=Nc4ccc(F)cc4)SC3)CC2N1. The third kappa shape index (κ3) is 3.24. The van der Waals surface area contributed by atoms with Crippen molar-refractivity contribution < 1.29 is 9.18 Å². The molecule has 1 aromatic carbocycles. The fourth-order valence-corrected chi connectivity index (χ4v) is 4.27. The van der Waals surface area contributed by atoms with Crippen LogP contribution in [-0.2, 0) is 0 Å². The zero-order chi connectivity index (χ0) is 16.5. The van der Waals surface area contributed by atoms with Crippen LogP contribution in [-0.4, -0.2) is 34.7 Å². The molecule has 3 unspecified atom stereocenters. The van der Waals surface area contributed by atoms with Crippen LogP contribution in [0, 0.1) is 11.7 Å². The summed E-state index contributed by atoms with van der Waals surface area (Å²) in [5, 5.41) is 11.2. The first-order valence-electron chi connectivity index (χ1n) is 8.04. The monoisotopic (exact) mass is 347 g/mol. The number of carbonyl (C=O) groups is 1. The second-order valence-electron chi connectivity index (χ2n) is 6.24. The maximum atomic E-state index is 12.9. The van der Waals surface area contributed by atoms with Gasteiger partial charge in [-0.15, -0.1) is 0 Å². The van der Waals surface area contributed by atoms with E-state index >= 15 is 0 Å². The van der Waals surface area contributed by atoms with E-state index in [1.54, 1.807) is 23.9 Å². The Morgan fingerprint density at radius 3 is 2.71 bits per heavy atom. The van der Waals surface area contributed by atoms with Crippen LogP contribution in [0.15, 0.2) is 34.4 Å². The van der Waals surface area contributed by atoms with Crippen molar-refractivity contribution in [1.29, 1.82) is 0 Å². The Morgan fingerprint density at radius 2 is 1.96 bits per heavy atom. The van der Waals surface area contributed by atoms with Gasteiger partial charge in [0.25, 0.3) is 0 Å². The maximum absolute atomic E-state index is 12.9. The molecule has 3 N–H and O–H groups in total. The Bertz CT molecular complexity index is 705. The van der Waals surface area contributed by atoms with Gasteiger partial charge >= 0.3 is 6.03 Å². The highest BCUT2D eigenvalue weighted by Gasteiger charge is 2.38. The molecule has 3 aliphatic rings. The van der Waals surface area contributed by atoms with Crippen molar-refractivity contribution in [2.24, 2.45) is 16.0 Å². The molecule has 24 heavy (non-hydrogen) atoms. The van der Waals surface area contributed by atoms with Gasteiger partial charge in [0.05, 0.1) is 23.5 Å². The molecular weight excluding hydrogens is 329 g/mol. The molecule has 2 heterocycles. The minimum Gasteiger partial charge on any atom is -0.333 e. The van der Waals surface area contributed by atoms with Gasteiger partial charge in [-0.25, -0.2) is 14.2 Å². The highest BCUT2D eigenvalue weighted by atomic mass is 32.2. The van der Waals surface area contributed by atoms with Gasteiger partial charge in [-0.3, -0.25) is 5.43 Å². The van der Waals surface area contributed by atoms with Crippen molar-refractivity contribution in [3.63, 3.8) is 0 Å². The average Bonchev–Trinajstić information content (AvgIpc) is 2.97. The number of thioether (sulfide) groups is 1. The van der Waals surface area contributed by atoms with E-state index in [-0.39, 0.29) is 23.9 Å². The van der Waals surface area contributed by atoms with E-state index in [9.17, 15) is 9.18 Å². The number of rotatable bonds is 2. The van der Waals surface area contributed by atoms with Gasteiger partial charge in [-0.05, 0) is 43.5 Å². The van der Waals surface area contributed by atoms with Gasteiger partial charge in [0.1, 0.15) is 5.82 Å². The standard InChI is InChI=1S/C16H18FN5OS/c17-10-2-4-11(5-3-10)18-16-22-21-14(8-24-16)9-1-6-12-13(7-9)20-15(23)19-12/h2-5,9,12-13H,1,6-8H2,(H,18,22)(H2,19,20,23). The summed E-state index contributed by atoms with van der Waals surface area (Å²) in [5.74, 6) is 0.905. The van der Waals surface area contributed by atoms with E-state index < -0.39 is 0 Å². The normalized spacial score (nSPS) is 30.9.